The number of carbonyl (C=O) groups is 1. The number of phenolic OH excluding ortho intramolecular Hbond substituents is 3. The van der Waals surface area contributed by atoms with Crippen molar-refractivity contribution in [1.29, 1.82) is 0 Å². The van der Waals surface area contributed by atoms with Crippen LogP contribution in [0, 0.1) is 0 Å². The molecule has 5 nitrogen and oxygen atoms in total. The summed E-state index contributed by atoms with van der Waals surface area (Å²) in [4.78, 5) is 13.6. The molecule has 0 saturated carbocycles. The summed E-state index contributed by atoms with van der Waals surface area (Å²) >= 11 is 0. The molecule has 0 saturated heterocycles. The quantitative estimate of drug-likeness (QED) is 0.142. The zero-order chi connectivity index (χ0) is 27.1. The molecule has 38 heavy (non-hydrogen) atoms. The molecule has 0 aliphatic rings. The van der Waals surface area contributed by atoms with Gasteiger partial charge in [-0.1, -0.05) is 56.2 Å². The predicted octanol–water partition coefficient (Wildman–Crippen LogP) is 7.66. The fourth-order valence-electron chi connectivity index (χ4n) is 4.76. The number of fused-ring (bicyclic) bond motifs is 1. The highest BCUT2D eigenvalue weighted by Crippen LogP contribution is 2.37. The highest BCUT2D eigenvalue weighted by atomic mass is 16.5. The van der Waals surface area contributed by atoms with Crippen LogP contribution in [-0.2, 0) is 11.2 Å². The SMILES string of the molecule is CCCCCC=CC(=O)[C@H](Cc1ccc(O)c(OC)c1)c1cc(-c2ccc(O)cc2)c2ccc(O)cc2c1. The summed E-state index contributed by atoms with van der Waals surface area (Å²) in [7, 11) is 1.50. The molecule has 1 atom stereocenters. The third-order valence-corrected chi connectivity index (χ3v) is 6.82. The molecule has 0 aliphatic heterocycles. The minimum atomic E-state index is -0.491. The molecule has 5 heteroatoms. The lowest BCUT2D eigenvalue weighted by Crippen LogP contribution is -2.14. The number of hydrogen-bond donors (Lipinski definition) is 3. The maximum Gasteiger partial charge on any atom is 0.163 e. The molecular weight excluding hydrogens is 476 g/mol. The number of aromatic hydroxyl groups is 3. The van der Waals surface area contributed by atoms with Crippen LogP contribution in [0.2, 0.25) is 0 Å². The minimum absolute atomic E-state index is 0.00954. The van der Waals surface area contributed by atoms with Gasteiger partial charge in [0.05, 0.1) is 13.0 Å². The summed E-state index contributed by atoms with van der Waals surface area (Å²) in [5, 5.41) is 31.9. The van der Waals surface area contributed by atoms with Crippen LogP contribution in [0.3, 0.4) is 0 Å². The van der Waals surface area contributed by atoms with Gasteiger partial charge in [-0.3, -0.25) is 4.79 Å². The van der Waals surface area contributed by atoms with Gasteiger partial charge in [-0.2, -0.15) is 0 Å². The molecule has 196 valence electrons. The Kier molecular flexibility index (Phi) is 8.70. The molecule has 3 N–H and O–H groups in total. The molecule has 0 bridgehead atoms. The molecule has 4 rings (SSSR count). The van der Waals surface area contributed by atoms with Crippen molar-refractivity contribution in [1.82, 2.24) is 0 Å². The van der Waals surface area contributed by atoms with Crippen molar-refractivity contribution in [2.45, 2.75) is 44.9 Å². The number of rotatable bonds is 11. The molecule has 4 aromatic rings. The van der Waals surface area contributed by atoms with Crippen molar-refractivity contribution in [3.05, 3.63) is 96.1 Å². The Morgan fingerprint density at radius 1 is 0.895 bits per heavy atom. The van der Waals surface area contributed by atoms with E-state index in [-0.39, 0.29) is 23.0 Å². The largest absolute Gasteiger partial charge is 0.508 e. The molecule has 0 unspecified atom stereocenters. The Bertz CT molecular complexity index is 1440. The third kappa shape index (κ3) is 6.35. The van der Waals surface area contributed by atoms with Gasteiger partial charge in [0.2, 0.25) is 0 Å². The normalized spacial score (nSPS) is 12.2. The van der Waals surface area contributed by atoms with E-state index < -0.39 is 5.92 Å². The van der Waals surface area contributed by atoms with Gasteiger partial charge in [0.15, 0.2) is 17.3 Å². The van der Waals surface area contributed by atoms with Gasteiger partial charge in [0.1, 0.15) is 11.5 Å². The third-order valence-electron chi connectivity index (χ3n) is 6.82. The molecule has 0 fully saturated rings. The van der Waals surface area contributed by atoms with Gasteiger partial charge in [0.25, 0.3) is 0 Å². The maximum absolute atomic E-state index is 13.6. The first-order chi connectivity index (χ1) is 18.4. The van der Waals surface area contributed by atoms with Gasteiger partial charge in [0, 0.05) is 0 Å². The highest BCUT2D eigenvalue weighted by Gasteiger charge is 2.22. The number of unbranched alkanes of at least 4 members (excludes halogenated alkanes) is 3. The van der Waals surface area contributed by atoms with Crippen LogP contribution in [0.15, 0.2) is 84.9 Å². The van der Waals surface area contributed by atoms with Crippen molar-refractivity contribution in [3.63, 3.8) is 0 Å². The van der Waals surface area contributed by atoms with Crippen LogP contribution in [0.25, 0.3) is 21.9 Å². The van der Waals surface area contributed by atoms with Gasteiger partial charge in [-0.25, -0.2) is 0 Å². The summed E-state index contributed by atoms with van der Waals surface area (Å²) in [5.41, 5.74) is 3.49. The van der Waals surface area contributed by atoms with Gasteiger partial charge >= 0.3 is 0 Å². The Balaban J connectivity index is 1.82. The minimum Gasteiger partial charge on any atom is -0.508 e. The molecule has 0 aliphatic carbocycles. The number of methoxy groups -OCH3 is 1. The van der Waals surface area contributed by atoms with Crippen LogP contribution in [0.1, 0.15) is 49.7 Å². The molecule has 0 amide bonds. The number of carbonyl (C=O) groups excluding carboxylic acids is 1. The first-order valence-electron chi connectivity index (χ1n) is 13.0. The Labute approximate surface area is 223 Å². The molecule has 4 aromatic carbocycles. The number of hydrogen-bond acceptors (Lipinski definition) is 5. The second kappa shape index (κ2) is 12.3. The fraction of sp³-hybridized carbons (Fsp3) is 0.242. The van der Waals surface area contributed by atoms with E-state index in [9.17, 15) is 20.1 Å². The second-order valence-corrected chi connectivity index (χ2v) is 9.58. The number of benzene rings is 4. The molecule has 0 aromatic heterocycles. The van der Waals surface area contributed by atoms with Gasteiger partial charge in [-0.15, -0.1) is 0 Å². The number of phenols is 3. The lowest BCUT2D eigenvalue weighted by Gasteiger charge is -2.19. The zero-order valence-corrected chi connectivity index (χ0v) is 21.9. The molecule has 0 heterocycles. The average Bonchev–Trinajstić information content (AvgIpc) is 2.92. The zero-order valence-electron chi connectivity index (χ0n) is 21.9. The number of ketones is 1. The predicted molar refractivity (Wildman–Crippen MR) is 152 cm³/mol. The van der Waals surface area contributed by atoms with E-state index in [1.807, 2.05) is 36.4 Å². The van der Waals surface area contributed by atoms with Crippen molar-refractivity contribution >= 4 is 16.6 Å². The first-order valence-corrected chi connectivity index (χ1v) is 13.0. The van der Waals surface area contributed by atoms with E-state index in [0.29, 0.717) is 12.2 Å². The Morgan fingerprint density at radius 2 is 1.66 bits per heavy atom. The van der Waals surface area contributed by atoms with Crippen LogP contribution >= 0.6 is 0 Å². The van der Waals surface area contributed by atoms with E-state index >= 15 is 0 Å². The van der Waals surface area contributed by atoms with Crippen molar-refractivity contribution in [2.24, 2.45) is 0 Å². The lowest BCUT2D eigenvalue weighted by molar-refractivity contribution is -0.116. The summed E-state index contributed by atoms with van der Waals surface area (Å²) in [6.45, 7) is 2.15. The monoisotopic (exact) mass is 510 g/mol. The van der Waals surface area contributed by atoms with E-state index in [4.69, 9.17) is 4.74 Å². The van der Waals surface area contributed by atoms with E-state index in [2.05, 4.69) is 6.92 Å². The van der Waals surface area contributed by atoms with Crippen molar-refractivity contribution in [3.8, 4) is 34.1 Å². The lowest BCUT2D eigenvalue weighted by atomic mass is 9.84. The summed E-state index contributed by atoms with van der Waals surface area (Å²) in [5.74, 6) is 0.226. The van der Waals surface area contributed by atoms with Crippen molar-refractivity contribution < 1.29 is 24.9 Å². The summed E-state index contributed by atoms with van der Waals surface area (Å²) in [6.07, 6.45) is 8.19. The van der Waals surface area contributed by atoms with Crippen LogP contribution in [0.5, 0.6) is 23.0 Å². The fourth-order valence-corrected chi connectivity index (χ4v) is 4.76. The Morgan fingerprint density at radius 3 is 2.39 bits per heavy atom. The second-order valence-electron chi connectivity index (χ2n) is 9.58. The van der Waals surface area contributed by atoms with E-state index in [0.717, 1.165) is 58.7 Å². The first kappa shape index (κ1) is 26.8. The van der Waals surface area contributed by atoms with E-state index in [1.54, 1.807) is 48.5 Å². The van der Waals surface area contributed by atoms with Crippen LogP contribution < -0.4 is 4.74 Å². The maximum atomic E-state index is 13.6. The van der Waals surface area contributed by atoms with Crippen LogP contribution in [-0.4, -0.2) is 28.2 Å². The summed E-state index contributed by atoms with van der Waals surface area (Å²) in [6, 6.07) is 21.3. The average molecular weight is 511 g/mol. The molecule has 0 radical (unpaired) electrons. The molecular formula is C33H34O5. The number of ether oxygens (including phenoxy) is 1. The topological polar surface area (TPSA) is 87.0 Å². The van der Waals surface area contributed by atoms with Crippen molar-refractivity contribution in [2.75, 3.05) is 7.11 Å². The molecule has 0 spiro atoms. The highest BCUT2D eigenvalue weighted by molar-refractivity contribution is 6.01. The van der Waals surface area contributed by atoms with Gasteiger partial charge < -0.3 is 20.1 Å². The number of allylic oxidation sites excluding steroid dienone is 2. The standard InChI is InChI=1S/C33H34O5/c1-3-4-5-6-7-8-31(36)30(17-22-9-16-32(37)33(18-22)38-2)25-19-24-20-27(35)14-15-28(24)29(21-25)23-10-12-26(34)13-11-23/h7-16,18-21,30,34-35,37H,3-6,17H2,1-2H3/t30-/m1/s1. The van der Waals surface area contributed by atoms with Gasteiger partial charge in [-0.05, 0) is 101 Å². The Hall–Kier alpha value is -4.25. The summed E-state index contributed by atoms with van der Waals surface area (Å²) < 4.78 is 5.30. The van der Waals surface area contributed by atoms with Crippen LogP contribution in [0.4, 0.5) is 0 Å². The smallest absolute Gasteiger partial charge is 0.163 e. The van der Waals surface area contributed by atoms with E-state index in [1.165, 1.54) is 7.11 Å².